The third-order valence-electron chi connectivity index (χ3n) is 4.80. The lowest BCUT2D eigenvalue weighted by atomic mass is 10.1. The fraction of sp³-hybridized carbons (Fsp3) is 0.238. The van der Waals surface area contributed by atoms with E-state index in [1.807, 2.05) is 65.6 Å². The summed E-state index contributed by atoms with van der Waals surface area (Å²) in [4.78, 5) is 28.2. The average molecular weight is 332 g/mol. The highest BCUT2D eigenvalue weighted by Gasteiger charge is 2.23. The highest BCUT2D eigenvalue weighted by atomic mass is 16.2. The molecule has 1 amide bonds. The van der Waals surface area contributed by atoms with Gasteiger partial charge in [0.05, 0.1) is 0 Å². The highest BCUT2D eigenvalue weighted by molar-refractivity contribution is 5.97. The number of piperidine rings is 1. The number of amides is 1. The molecular weight excluding hydrogens is 312 g/mol. The second-order valence-electron chi connectivity index (χ2n) is 6.45. The van der Waals surface area contributed by atoms with E-state index in [0.717, 1.165) is 43.4 Å². The molecule has 0 bridgehead atoms. The molecule has 1 saturated heterocycles. The molecule has 0 atom stereocenters. The number of nitrogens with zero attached hydrogens (tertiary/aromatic N) is 2. The van der Waals surface area contributed by atoms with Crippen LogP contribution in [0.5, 0.6) is 0 Å². The maximum atomic E-state index is 13.2. The Morgan fingerprint density at radius 1 is 0.840 bits per heavy atom. The Bertz CT molecular complexity index is 970. The number of para-hydroxylation sites is 1. The first kappa shape index (κ1) is 15.6. The Labute approximate surface area is 146 Å². The molecule has 2 aromatic carbocycles. The van der Waals surface area contributed by atoms with Gasteiger partial charge in [-0.3, -0.25) is 14.2 Å². The fourth-order valence-electron chi connectivity index (χ4n) is 3.51. The van der Waals surface area contributed by atoms with Crippen LogP contribution in [0.3, 0.4) is 0 Å². The van der Waals surface area contributed by atoms with Crippen LogP contribution in [0.2, 0.25) is 0 Å². The minimum Gasteiger partial charge on any atom is -0.337 e. The van der Waals surface area contributed by atoms with Gasteiger partial charge in [-0.05, 0) is 48.9 Å². The molecule has 25 heavy (non-hydrogen) atoms. The molecule has 0 aliphatic carbocycles. The van der Waals surface area contributed by atoms with E-state index < -0.39 is 0 Å². The highest BCUT2D eigenvalue weighted by Crippen LogP contribution is 2.19. The van der Waals surface area contributed by atoms with Gasteiger partial charge in [-0.1, -0.05) is 36.4 Å². The molecule has 2 heterocycles. The quantitative estimate of drug-likeness (QED) is 0.719. The topological polar surface area (TPSA) is 42.3 Å². The smallest absolute Gasteiger partial charge is 0.270 e. The second kappa shape index (κ2) is 6.55. The molecule has 4 rings (SSSR count). The van der Waals surface area contributed by atoms with E-state index in [1.54, 1.807) is 4.57 Å². The summed E-state index contributed by atoms with van der Waals surface area (Å²) in [6.07, 6.45) is 3.21. The van der Waals surface area contributed by atoms with E-state index in [1.165, 1.54) is 0 Å². The van der Waals surface area contributed by atoms with Crippen LogP contribution in [0, 0.1) is 0 Å². The average Bonchev–Trinajstić information content (AvgIpc) is 2.69. The number of carbonyl (C=O) groups excluding carboxylic acids is 1. The Morgan fingerprint density at radius 3 is 2.28 bits per heavy atom. The van der Waals surface area contributed by atoms with Gasteiger partial charge in [-0.25, -0.2) is 0 Å². The Hall–Kier alpha value is -2.88. The Balaban J connectivity index is 1.95. The van der Waals surface area contributed by atoms with Crippen LogP contribution in [0.15, 0.2) is 65.5 Å². The summed E-state index contributed by atoms with van der Waals surface area (Å²) in [5.41, 5.74) is 1.01. The van der Waals surface area contributed by atoms with E-state index in [9.17, 15) is 9.59 Å². The molecule has 0 unspecified atom stereocenters. The minimum atomic E-state index is -0.148. The number of fused-ring (bicyclic) bond motifs is 1. The van der Waals surface area contributed by atoms with Gasteiger partial charge >= 0.3 is 0 Å². The third-order valence-corrected chi connectivity index (χ3v) is 4.80. The van der Waals surface area contributed by atoms with Crippen LogP contribution in [0.1, 0.15) is 29.8 Å². The van der Waals surface area contributed by atoms with Gasteiger partial charge in [-0.2, -0.15) is 0 Å². The summed E-state index contributed by atoms with van der Waals surface area (Å²) >= 11 is 0. The molecule has 4 nitrogen and oxygen atoms in total. The van der Waals surface area contributed by atoms with Crippen LogP contribution in [-0.4, -0.2) is 28.5 Å². The summed E-state index contributed by atoms with van der Waals surface area (Å²) in [6, 6.07) is 18.7. The monoisotopic (exact) mass is 332 g/mol. The third kappa shape index (κ3) is 2.84. The van der Waals surface area contributed by atoms with E-state index in [-0.39, 0.29) is 11.5 Å². The predicted molar refractivity (Wildman–Crippen MR) is 99.3 cm³/mol. The van der Waals surface area contributed by atoms with E-state index in [0.29, 0.717) is 11.1 Å². The van der Waals surface area contributed by atoms with Crippen molar-refractivity contribution in [3.63, 3.8) is 0 Å². The first-order valence-corrected chi connectivity index (χ1v) is 8.75. The molecule has 0 radical (unpaired) electrons. The predicted octanol–water partition coefficient (Wildman–Crippen LogP) is 3.62. The van der Waals surface area contributed by atoms with Crippen molar-refractivity contribution in [2.24, 2.45) is 0 Å². The van der Waals surface area contributed by atoms with Crippen molar-refractivity contribution in [1.29, 1.82) is 0 Å². The normalized spacial score (nSPS) is 14.6. The lowest BCUT2D eigenvalue weighted by molar-refractivity contribution is 0.0715. The molecule has 126 valence electrons. The van der Waals surface area contributed by atoms with Gasteiger partial charge in [0.1, 0.15) is 5.69 Å². The van der Waals surface area contributed by atoms with Crippen LogP contribution in [-0.2, 0) is 0 Å². The molecule has 0 N–H and O–H groups in total. The lowest BCUT2D eigenvalue weighted by Crippen LogP contribution is -2.38. The van der Waals surface area contributed by atoms with Crippen molar-refractivity contribution in [2.75, 3.05) is 13.1 Å². The number of rotatable bonds is 2. The maximum absolute atomic E-state index is 13.2. The van der Waals surface area contributed by atoms with E-state index in [2.05, 4.69) is 0 Å². The van der Waals surface area contributed by atoms with Gasteiger partial charge < -0.3 is 4.90 Å². The molecule has 0 saturated carbocycles. The molecule has 4 heteroatoms. The molecule has 3 aromatic rings. The lowest BCUT2D eigenvalue weighted by Gasteiger charge is -2.28. The number of pyridine rings is 1. The molecule has 1 fully saturated rings. The molecule has 0 spiro atoms. The van der Waals surface area contributed by atoms with Crippen LogP contribution in [0.4, 0.5) is 0 Å². The van der Waals surface area contributed by atoms with Gasteiger partial charge in [0.15, 0.2) is 0 Å². The zero-order valence-electron chi connectivity index (χ0n) is 14.0. The van der Waals surface area contributed by atoms with Gasteiger partial charge in [0.25, 0.3) is 11.5 Å². The zero-order valence-corrected chi connectivity index (χ0v) is 14.0. The fourth-order valence-corrected chi connectivity index (χ4v) is 3.51. The zero-order chi connectivity index (χ0) is 17.2. The van der Waals surface area contributed by atoms with E-state index >= 15 is 0 Å². The summed E-state index contributed by atoms with van der Waals surface area (Å²) in [5.74, 6) is -0.0635. The molecule has 1 aliphatic rings. The number of benzene rings is 2. The second-order valence-corrected chi connectivity index (χ2v) is 6.45. The minimum absolute atomic E-state index is 0.0635. The van der Waals surface area contributed by atoms with Gasteiger partial charge in [0, 0.05) is 24.2 Å². The summed E-state index contributed by atoms with van der Waals surface area (Å²) < 4.78 is 1.55. The number of likely N-dealkylation sites (tertiary alicyclic amines) is 1. The van der Waals surface area contributed by atoms with Gasteiger partial charge in [-0.15, -0.1) is 0 Å². The summed E-state index contributed by atoms with van der Waals surface area (Å²) in [6.45, 7) is 1.52. The van der Waals surface area contributed by atoms with Crippen LogP contribution in [0.25, 0.3) is 16.5 Å². The van der Waals surface area contributed by atoms with Crippen molar-refractivity contribution in [1.82, 2.24) is 9.47 Å². The standard InChI is InChI=1S/C21H20N2O2/c24-20-18-12-6-5-9-16(18)15-19(21(25)22-13-7-2-8-14-22)23(20)17-10-3-1-4-11-17/h1,3-6,9-12,15H,2,7-8,13-14H2. The first-order chi connectivity index (χ1) is 12.3. The van der Waals surface area contributed by atoms with E-state index in [4.69, 9.17) is 0 Å². The number of aromatic nitrogens is 1. The first-order valence-electron chi connectivity index (χ1n) is 8.75. The Kier molecular flexibility index (Phi) is 4.10. The maximum Gasteiger partial charge on any atom is 0.270 e. The molecular formula is C21H20N2O2. The van der Waals surface area contributed by atoms with Crippen molar-refractivity contribution in [3.8, 4) is 5.69 Å². The van der Waals surface area contributed by atoms with Crippen molar-refractivity contribution < 1.29 is 4.79 Å². The SMILES string of the molecule is O=C(c1cc2ccccc2c(=O)n1-c1ccccc1)N1CCCCC1. The Morgan fingerprint density at radius 2 is 1.52 bits per heavy atom. The number of carbonyl (C=O) groups is 1. The van der Waals surface area contributed by atoms with Crippen molar-refractivity contribution in [2.45, 2.75) is 19.3 Å². The summed E-state index contributed by atoms with van der Waals surface area (Å²) in [7, 11) is 0. The number of hydrogen-bond acceptors (Lipinski definition) is 2. The van der Waals surface area contributed by atoms with Crippen molar-refractivity contribution >= 4 is 16.7 Å². The number of hydrogen-bond donors (Lipinski definition) is 0. The van der Waals surface area contributed by atoms with Crippen molar-refractivity contribution in [3.05, 3.63) is 76.7 Å². The van der Waals surface area contributed by atoms with Gasteiger partial charge in [0.2, 0.25) is 0 Å². The van der Waals surface area contributed by atoms with Crippen LogP contribution < -0.4 is 5.56 Å². The summed E-state index contributed by atoms with van der Waals surface area (Å²) in [5, 5.41) is 1.43. The molecule has 1 aliphatic heterocycles. The largest absolute Gasteiger partial charge is 0.337 e. The molecule has 1 aromatic heterocycles. The van der Waals surface area contributed by atoms with Crippen LogP contribution >= 0.6 is 0 Å².